The summed E-state index contributed by atoms with van der Waals surface area (Å²) in [7, 11) is -3.11. The molecule has 2 amide bonds. The molecule has 14 rings (SSSR count). The minimum absolute atomic E-state index is 0.0170. The molecule has 0 radical (unpaired) electrons. The van der Waals surface area contributed by atoms with Crippen molar-refractivity contribution in [3.8, 4) is 79.5 Å². The van der Waals surface area contributed by atoms with Crippen LogP contribution >= 0.6 is 0 Å². The number of likely N-dealkylation sites (tertiary alicyclic amines) is 2. The van der Waals surface area contributed by atoms with Gasteiger partial charge in [-0.25, -0.2) is 31.1 Å². The van der Waals surface area contributed by atoms with Gasteiger partial charge in [0.2, 0.25) is 25.9 Å². The first kappa shape index (κ1) is 93.4. The number of carbonyl (C=O) groups is 2. The van der Waals surface area contributed by atoms with Crippen LogP contribution in [0.3, 0.4) is 0 Å². The van der Waals surface area contributed by atoms with E-state index >= 15 is 16.8 Å². The number of hydrogen-bond acceptors (Lipinski definition) is 22. The van der Waals surface area contributed by atoms with Gasteiger partial charge in [0.1, 0.15) is 55.5 Å². The number of piperidine rings is 2. The van der Waals surface area contributed by atoms with E-state index in [1.807, 2.05) is 187 Å². The van der Waals surface area contributed by atoms with Crippen molar-refractivity contribution in [1.29, 1.82) is 0 Å². The lowest BCUT2D eigenvalue weighted by molar-refractivity contribution is 0.0194. The van der Waals surface area contributed by atoms with E-state index in [-0.39, 0.29) is 106 Å². The van der Waals surface area contributed by atoms with E-state index in [2.05, 4.69) is 25.8 Å². The molecule has 128 heavy (non-hydrogen) atoms. The van der Waals surface area contributed by atoms with Crippen LogP contribution in [0.15, 0.2) is 238 Å². The summed E-state index contributed by atoms with van der Waals surface area (Å²) in [6, 6.07) is 66.6. The first-order chi connectivity index (χ1) is 61.3. The van der Waals surface area contributed by atoms with Gasteiger partial charge in [0.25, 0.3) is 0 Å². The summed E-state index contributed by atoms with van der Waals surface area (Å²) in [5, 5.41) is 26.6. The Labute approximate surface area is 753 Å². The van der Waals surface area contributed by atoms with E-state index in [0.717, 1.165) is 47.9 Å². The van der Waals surface area contributed by atoms with Crippen molar-refractivity contribution in [2.24, 2.45) is 0 Å². The molecule has 2 aliphatic heterocycles. The fourth-order valence-electron chi connectivity index (χ4n) is 15.5. The molecule has 32 heteroatoms. The number of carbonyl (C=O) groups excluding carboxylic acids is 2. The van der Waals surface area contributed by atoms with Crippen LogP contribution in [0.5, 0.6) is 34.5 Å². The molecular weight excluding hydrogens is 1710 g/mol. The fourth-order valence-corrected chi connectivity index (χ4v) is 21.4. The summed E-state index contributed by atoms with van der Waals surface area (Å²) >= 11 is 0. The first-order valence-corrected chi connectivity index (χ1v) is 47.8. The molecule has 2 unspecified atom stereocenters. The first-order valence-electron chi connectivity index (χ1n) is 41.8. The second-order valence-electron chi connectivity index (χ2n) is 33.2. The highest BCUT2D eigenvalue weighted by atomic mass is 32.2. The largest absolute Gasteiger partial charge is 0.497 e. The van der Waals surface area contributed by atoms with Gasteiger partial charge >= 0.3 is 12.2 Å². The predicted octanol–water partition coefficient (Wildman–Crippen LogP) is 16.6. The summed E-state index contributed by atoms with van der Waals surface area (Å²) in [6.07, 6.45) is 5.38. The van der Waals surface area contributed by atoms with Gasteiger partial charge in [0, 0.05) is 64.9 Å². The minimum Gasteiger partial charge on any atom is -0.497 e. The summed E-state index contributed by atoms with van der Waals surface area (Å²) in [5.41, 5.74) is 8.52. The van der Waals surface area contributed by atoms with Gasteiger partial charge in [-0.15, -0.1) is 15.3 Å². The summed E-state index contributed by atoms with van der Waals surface area (Å²) < 4.78 is 138. The number of ether oxygens (including phenoxy) is 8. The Kier molecular flexibility index (Phi) is 30.1. The maximum atomic E-state index is 15.8. The van der Waals surface area contributed by atoms with Crippen LogP contribution in [-0.2, 0) is 90.4 Å². The smallest absolute Gasteiger partial charge is 0.410 e. The zero-order valence-corrected chi connectivity index (χ0v) is 77.6. The van der Waals surface area contributed by atoms with E-state index < -0.39 is 52.8 Å². The molecular formula is C96H108N12O16S4. The second-order valence-corrected chi connectivity index (χ2v) is 39.7. The van der Waals surface area contributed by atoms with Gasteiger partial charge < -0.3 is 47.7 Å². The van der Waals surface area contributed by atoms with Crippen LogP contribution < -0.4 is 28.4 Å². The number of sulfonamides is 2. The molecule has 4 heterocycles. The molecule has 10 aromatic carbocycles. The third-order valence-corrected chi connectivity index (χ3v) is 28.1. The predicted molar refractivity (Wildman–Crippen MR) is 491 cm³/mol. The van der Waals surface area contributed by atoms with E-state index in [1.165, 1.54) is 25.9 Å². The van der Waals surface area contributed by atoms with E-state index in [1.54, 1.807) is 130 Å². The van der Waals surface area contributed by atoms with Crippen molar-refractivity contribution in [3.63, 3.8) is 0 Å². The molecule has 0 aliphatic carbocycles. The third-order valence-electron chi connectivity index (χ3n) is 22.2. The van der Waals surface area contributed by atoms with Crippen LogP contribution in [0.2, 0.25) is 0 Å². The Hall–Kier alpha value is -12.2. The number of rotatable bonds is 30. The Bertz CT molecular complexity index is 6000. The number of benzene rings is 10. The molecule has 2 aliphatic rings. The molecule has 0 spiro atoms. The van der Waals surface area contributed by atoms with Crippen molar-refractivity contribution in [3.05, 3.63) is 263 Å². The highest BCUT2D eigenvalue weighted by molar-refractivity contribution is 7.91. The molecule has 2 fully saturated rings. The average molecular weight is 1810 g/mol. The van der Waals surface area contributed by atoms with Gasteiger partial charge in [-0.05, 0) is 246 Å². The molecule has 672 valence electrons. The Morgan fingerprint density at radius 1 is 0.398 bits per heavy atom. The number of amides is 2. The normalized spacial score (nSPS) is 14.0. The number of tetrazole rings is 2. The van der Waals surface area contributed by atoms with Gasteiger partial charge in [-0.3, -0.25) is 8.42 Å². The highest BCUT2D eigenvalue weighted by Gasteiger charge is 2.39. The quantitative estimate of drug-likeness (QED) is 0.0404. The maximum Gasteiger partial charge on any atom is 0.410 e. The van der Waals surface area contributed by atoms with Crippen molar-refractivity contribution in [2.45, 2.75) is 149 Å². The van der Waals surface area contributed by atoms with Crippen LogP contribution in [0, 0.1) is 0 Å². The molecule has 2 saturated heterocycles. The van der Waals surface area contributed by atoms with Crippen molar-refractivity contribution in [2.75, 3.05) is 81.3 Å². The Morgan fingerprint density at radius 2 is 0.711 bits per heavy atom. The molecule has 12 aromatic rings. The van der Waals surface area contributed by atoms with Crippen LogP contribution in [0.4, 0.5) is 9.59 Å². The topological polar surface area (TPSA) is 311 Å². The third kappa shape index (κ3) is 23.0. The number of nitrogens with zero attached hydrogens (tertiary/aromatic N) is 12. The molecule has 0 saturated carbocycles. The minimum atomic E-state index is -4.53. The summed E-state index contributed by atoms with van der Waals surface area (Å²) in [6.45, 7) is 13.8. The van der Waals surface area contributed by atoms with Gasteiger partial charge in [-0.1, -0.05) is 133 Å². The lowest BCUT2D eigenvalue weighted by Gasteiger charge is -2.33. The van der Waals surface area contributed by atoms with Crippen LogP contribution in [0.25, 0.3) is 45.0 Å². The van der Waals surface area contributed by atoms with Crippen LogP contribution in [0.1, 0.15) is 124 Å². The summed E-state index contributed by atoms with van der Waals surface area (Å²) in [5.74, 6) is 4.56. The Balaban J connectivity index is 0.000000219. The molecule has 2 aromatic heterocycles. The lowest BCUT2D eigenvalue weighted by Crippen LogP contribution is -2.41. The number of aromatic nitrogens is 8. The van der Waals surface area contributed by atoms with Gasteiger partial charge in [0.15, 0.2) is 5.82 Å². The van der Waals surface area contributed by atoms with E-state index in [4.69, 9.17) is 43.0 Å². The molecule has 2 atom stereocenters. The molecule has 0 bridgehead atoms. The highest BCUT2D eigenvalue weighted by Crippen LogP contribution is 2.45. The molecule has 0 N–H and O–H groups in total. The number of hydrogen-bond donors (Lipinski definition) is 0. The van der Waals surface area contributed by atoms with Crippen molar-refractivity contribution >= 4 is 53.8 Å². The van der Waals surface area contributed by atoms with E-state index in [0.29, 0.717) is 105 Å². The van der Waals surface area contributed by atoms with E-state index in [9.17, 15) is 18.0 Å². The zero-order valence-electron chi connectivity index (χ0n) is 74.4. The zero-order chi connectivity index (χ0) is 91.2. The van der Waals surface area contributed by atoms with Crippen molar-refractivity contribution < 1.29 is 72.7 Å². The standard InChI is InChI=1S/2C48H54N6O8S2/c1-48(2,3)62-47(55)52-28-26-37(27-29-52)36-14-16-38(17-15-36)42-24-25-43(63(7)56)45(44(42)46-49-50-51-54(46)32-35-12-22-41(61-6)23-13-35)64(57,58)53(30-33-8-18-39(59-4)19-9-33)31-34-10-20-40(60-5)21-11-34;1-48(2,3)62-47(55)52-28-26-37(27-29-52)36-14-16-38(17-15-36)42-24-25-43(63(7)56)45(44(42)46-49-51-54(50-46)32-35-12-22-41(61-6)23-13-35)64(57,58)53(30-33-8-18-39(59-4)19-9-33)31-34-10-20-40(60-5)21-11-34/h2*8-25,37H,26-32H2,1-7H3. The van der Waals surface area contributed by atoms with Gasteiger partial charge in [0.05, 0.1) is 98.3 Å². The average Bonchev–Trinajstić information content (AvgIpc) is 1.24. The second kappa shape index (κ2) is 41.3. The monoisotopic (exact) mass is 1810 g/mol. The SMILES string of the molecule is COc1ccc(CN(Cc2ccc(OC)cc2)S(=O)(=O)c2c(S(C)=O)ccc(-c3ccc(C4CCN(C(=O)OC(C)(C)C)CC4)cc3)c2-c2nnn(Cc3ccc(OC)cc3)n2)cc1.COc1ccc(CN(Cc2ccc(OC)cc2)S(=O)(=O)c2c(S(C)=O)ccc(-c3ccc(C4CCN(C(=O)OC(C)(C)C)CC4)cc3)c2-c2nnnn2Cc2ccc(OC)cc2)cc1. The van der Waals surface area contributed by atoms with Crippen LogP contribution in [-0.4, -0.2) is 189 Å². The van der Waals surface area contributed by atoms with Crippen molar-refractivity contribution in [1.82, 2.24) is 58.8 Å². The van der Waals surface area contributed by atoms with Gasteiger partial charge in [-0.2, -0.15) is 13.4 Å². The number of methoxy groups -OCH3 is 6. The summed E-state index contributed by atoms with van der Waals surface area (Å²) in [4.78, 5) is 30.4. The lowest BCUT2D eigenvalue weighted by atomic mass is 9.88. The molecule has 28 nitrogen and oxygen atoms in total. The fraction of sp³-hybridized carbons (Fsp3) is 0.333. The maximum absolute atomic E-state index is 15.8. The Morgan fingerprint density at radius 3 is 1.03 bits per heavy atom.